The molecule has 6 nitrogen and oxygen atoms in total. The first kappa shape index (κ1) is 21.5. The van der Waals surface area contributed by atoms with Gasteiger partial charge in [-0.05, 0) is 37.1 Å². The minimum Gasteiger partial charge on any atom is -0.447 e. The van der Waals surface area contributed by atoms with E-state index in [-0.39, 0.29) is 17.7 Å². The van der Waals surface area contributed by atoms with Gasteiger partial charge in [0.25, 0.3) is 11.8 Å². The van der Waals surface area contributed by atoms with Crippen molar-refractivity contribution in [3.05, 3.63) is 71.5 Å². The lowest BCUT2D eigenvalue weighted by molar-refractivity contribution is -0.164. The van der Waals surface area contributed by atoms with Gasteiger partial charge in [-0.1, -0.05) is 30.3 Å². The van der Waals surface area contributed by atoms with E-state index < -0.39 is 17.9 Å². The molecule has 2 amide bonds. The Morgan fingerprint density at radius 1 is 1.00 bits per heavy atom. The summed E-state index contributed by atoms with van der Waals surface area (Å²) < 4.78 is 18.7. The van der Waals surface area contributed by atoms with Crippen molar-refractivity contribution in [1.82, 2.24) is 9.80 Å². The molecule has 3 rings (SSSR count). The Balaban J connectivity index is 1.61. The molecule has 0 unspecified atom stereocenters. The van der Waals surface area contributed by atoms with Gasteiger partial charge in [0.05, 0.1) is 5.92 Å². The van der Waals surface area contributed by atoms with Gasteiger partial charge in [0.15, 0.2) is 0 Å². The van der Waals surface area contributed by atoms with E-state index in [4.69, 9.17) is 4.74 Å². The molecule has 0 radical (unpaired) electrons. The first-order valence-electron chi connectivity index (χ1n) is 9.88. The van der Waals surface area contributed by atoms with E-state index in [9.17, 15) is 18.8 Å². The number of carbonyl (C=O) groups is 3. The zero-order valence-electron chi connectivity index (χ0n) is 17.1. The lowest BCUT2D eigenvalue weighted by Gasteiger charge is -2.32. The fraction of sp³-hybridized carbons (Fsp3) is 0.348. The van der Waals surface area contributed by atoms with Gasteiger partial charge in [0.1, 0.15) is 5.82 Å². The molecule has 1 aliphatic heterocycles. The third-order valence-electron chi connectivity index (χ3n) is 5.21. The van der Waals surface area contributed by atoms with E-state index in [1.54, 1.807) is 43.3 Å². The van der Waals surface area contributed by atoms with E-state index in [0.717, 1.165) is 0 Å². The van der Waals surface area contributed by atoms with E-state index >= 15 is 0 Å². The van der Waals surface area contributed by atoms with Gasteiger partial charge in [0, 0.05) is 38.3 Å². The maximum Gasteiger partial charge on any atom is 0.310 e. The number of hydrogen-bond acceptors (Lipinski definition) is 4. The molecule has 2 aromatic rings. The van der Waals surface area contributed by atoms with Crippen LogP contribution in [0, 0.1) is 11.7 Å². The topological polar surface area (TPSA) is 66.9 Å². The smallest absolute Gasteiger partial charge is 0.310 e. The van der Waals surface area contributed by atoms with Crippen molar-refractivity contribution >= 4 is 17.8 Å². The molecule has 0 aromatic heterocycles. The number of esters is 1. The minimum absolute atomic E-state index is 0.188. The Morgan fingerprint density at radius 3 is 2.17 bits per heavy atom. The molecular weight excluding hydrogens is 387 g/mol. The van der Waals surface area contributed by atoms with Gasteiger partial charge in [-0.25, -0.2) is 4.39 Å². The van der Waals surface area contributed by atoms with Gasteiger partial charge in [-0.15, -0.1) is 0 Å². The number of benzene rings is 2. The second-order valence-corrected chi connectivity index (χ2v) is 7.53. The van der Waals surface area contributed by atoms with Crippen LogP contribution in [-0.2, 0) is 14.3 Å². The molecule has 0 N–H and O–H groups in total. The van der Waals surface area contributed by atoms with Crippen molar-refractivity contribution in [1.29, 1.82) is 0 Å². The van der Waals surface area contributed by atoms with Crippen molar-refractivity contribution in [3.63, 3.8) is 0 Å². The molecule has 7 heteroatoms. The Hall–Kier alpha value is -3.22. The monoisotopic (exact) mass is 412 g/mol. The highest BCUT2D eigenvalue weighted by molar-refractivity contribution is 5.94. The van der Waals surface area contributed by atoms with Crippen molar-refractivity contribution in [2.75, 3.05) is 27.2 Å². The summed E-state index contributed by atoms with van der Waals surface area (Å²) in [6.07, 6.45) is -0.0973. The molecule has 0 saturated carbocycles. The largest absolute Gasteiger partial charge is 0.447 e. The Kier molecular flexibility index (Phi) is 6.82. The standard InChI is InChI=1S/C23H25FN2O4/c1-25(2)22(28)20(16-6-4-3-5-7-16)30-23(29)18-12-14-26(15-13-18)21(27)17-8-10-19(24)11-9-17/h3-11,18,20H,12-15H2,1-2H3/t20-/m1/s1. The molecule has 2 aromatic carbocycles. The lowest BCUT2D eigenvalue weighted by atomic mass is 9.96. The van der Waals surface area contributed by atoms with Crippen LogP contribution in [0.5, 0.6) is 0 Å². The summed E-state index contributed by atoms with van der Waals surface area (Å²) >= 11 is 0. The van der Waals surface area contributed by atoms with Gasteiger partial charge < -0.3 is 14.5 Å². The van der Waals surface area contributed by atoms with Crippen LogP contribution in [0.1, 0.15) is 34.9 Å². The molecule has 1 heterocycles. The first-order valence-corrected chi connectivity index (χ1v) is 9.88. The molecule has 0 spiro atoms. The highest BCUT2D eigenvalue weighted by atomic mass is 19.1. The number of likely N-dealkylation sites (N-methyl/N-ethyl adjacent to an activating group) is 1. The van der Waals surface area contributed by atoms with Crippen molar-refractivity contribution in [3.8, 4) is 0 Å². The lowest BCUT2D eigenvalue weighted by Crippen LogP contribution is -2.41. The van der Waals surface area contributed by atoms with Crippen LogP contribution in [0.3, 0.4) is 0 Å². The number of rotatable bonds is 5. The molecule has 0 aliphatic carbocycles. The van der Waals surface area contributed by atoms with Crippen LogP contribution in [0.4, 0.5) is 4.39 Å². The number of ether oxygens (including phenoxy) is 1. The minimum atomic E-state index is -0.993. The summed E-state index contributed by atoms with van der Waals surface area (Å²) in [6.45, 7) is 0.793. The van der Waals surface area contributed by atoms with E-state index in [1.165, 1.54) is 29.2 Å². The molecule has 1 atom stereocenters. The maximum atomic E-state index is 13.1. The van der Waals surface area contributed by atoms with Crippen molar-refractivity contribution in [2.45, 2.75) is 18.9 Å². The quantitative estimate of drug-likeness (QED) is 0.708. The van der Waals surface area contributed by atoms with E-state index in [1.807, 2.05) is 6.07 Å². The molecule has 1 saturated heterocycles. The number of nitrogens with zero attached hydrogens (tertiary/aromatic N) is 2. The van der Waals surface area contributed by atoms with E-state index in [2.05, 4.69) is 0 Å². The number of piperidine rings is 1. The number of carbonyl (C=O) groups excluding carboxylic acids is 3. The summed E-state index contributed by atoms with van der Waals surface area (Å²) in [4.78, 5) is 40.9. The van der Waals surface area contributed by atoms with Crippen molar-refractivity contribution < 1.29 is 23.5 Å². The average Bonchev–Trinajstić information content (AvgIpc) is 2.77. The molecule has 1 aliphatic rings. The fourth-order valence-electron chi connectivity index (χ4n) is 3.43. The van der Waals surface area contributed by atoms with Crippen LogP contribution < -0.4 is 0 Å². The van der Waals surface area contributed by atoms with Gasteiger partial charge in [0.2, 0.25) is 6.10 Å². The number of amides is 2. The van der Waals surface area contributed by atoms with Crippen LogP contribution in [0.25, 0.3) is 0 Å². The second-order valence-electron chi connectivity index (χ2n) is 7.53. The maximum absolute atomic E-state index is 13.1. The molecule has 1 fully saturated rings. The normalized spacial score (nSPS) is 15.4. The first-order chi connectivity index (χ1) is 14.4. The van der Waals surface area contributed by atoms with Gasteiger partial charge in [-0.2, -0.15) is 0 Å². The third-order valence-corrected chi connectivity index (χ3v) is 5.21. The summed E-state index contributed by atoms with van der Waals surface area (Å²) in [6, 6.07) is 14.3. The predicted molar refractivity (Wildman–Crippen MR) is 109 cm³/mol. The fourth-order valence-corrected chi connectivity index (χ4v) is 3.43. The average molecular weight is 412 g/mol. The Morgan fingerprint density at radius 2 is 1.60 bits per heavy atom. The Bertz CT molecular complexity index is 891. The van der Waals surface area contributed by atoms with Crippen molar-refractivity contribution in [2.24, 2.45) is 5.92 Å². The Labute approximate surface area is 175 Å². The summed E-state index contributed by atoms with van der Waals surface area (Å²) in [5.41, 5.74) is 1.03. The molecule has 30 heavy (non-hydrogen) atoms. The van der Waals surface area contributed by atoms with Crippen LogP contribution in [-0.4, -0.2) is 54.8 Å². The summed E-state index contributed by atoms with van der Waals surface area (Å²) in [5.74, 6) is -1.71. The van der Waals surface area contributed by atoms with Gasteiger partial charge in [-0.3, -0.25) is 14.4 Å². The predicted octanol–water partition coefficient (Wildman–Crippen LogP) is 3.05. The highest BCUT2D eigenvalue weighted by Gasteiger charge is 2.33. The van der Waals surface area contributed by atoms with E-state index in [0.29, 0.717) is 37.1 Å². The second kappa shape index (κ2) is 9.52. The summed E-state index contributed by atoms with van der Waals surface area (Å²) in [7, 11) is 3.23. The third kappa shape index (κ3) is 5.03. The zero-order chi connectivity index (χ0) is 21.7. The zero-order valence-corrected chi connectivity index (χ0v) is 17.1. The number of halogens is 1. The number of hydrogen-bond donors (Lipinski definition) is 0. The van der Waals surface area contributed by atoms with Crippen LogP contribution >= 0.6 is 0 Å². The summed E-state index contributed by atoms with van der Waals surface area (Å²) in [5, 5.41) is 0. The molecule has 158 valence electrons. The van der Waals surface area contributed by atoms with Crippen LogP contribution in [0.15, 0.2) is 54.6 Å². The highest BCUT2D eigenvalue weighted by Crippen LogP contribution is 2.25. The van der Waals surface area contributed by atoms with Gasteiger partial charge >= 0.3 is 5.97 Å². The molecular formula is C23H25FN2O4. The SMILES string of the molecule is CN(C)C(=O)[C@H](OC(=O)C1CCN(C(=O)c2ccc(F)cc2)CC1)c1ccccc1. The number of likely N-dealkylation sites (tertiary alicyclic amines) is 1. The van der Waals surface area contributed by atoms with Crippen LogP contribution in [0.2, 0.25) is 0 Å². The molecule has 0 bridgehead atoms.